The lowest BCUT2D eigenvalue weighted by Crippen LogP contribution is -2.40. The summed E-state index contributed by atoms with van der Waals surface area (Å²) in [7, 11) is 0. The second kappa shape index (κ2) is 10.4. The van der Waals surface area contributed by atoms with Crippen LogP contribution < -0.4 is 15.5 Å². The van der Waals surface area contributed by atoms with E-state index in [1.165, 1.54) is 41.9 Å². The molecule has 0 bridgehead atoms. The summed E-state index contributed by atoms with van der Waals surface area (Å²) in [6.45, 7) is 1.87. The summed E-state index contributed by atoms with van der Waals surface area (Å²) in [4.78, 5) is 18.9. The van der Waals surface area contributed by atoms with Crippen LogP contribution in [0.4, 0.5) is 33.2 Å². The van der Waals surface area contributed by atoms with E-state index in [1.54, 1.807) is 12.1 Å². The topological polar surface area (TPSA) is 70.2 Å². The van der Waals surface area contributed by atoms with Crippen molar-refractivity contribution in [3.8, 4) is 0 Å². The van der Waals surface area contributed by atoms with Crippen LogP contribution in [-0.2, 0) is 12.6 Å². The molecule has 11 heteroatoms. The lowest BCUT2D eigenvalue weighted by atomic mass is 9.97. The van der Waals surface area contributed by atoms with E-state index in [1.807, 2.05) is 0 Å². The minimum absolute atomic E-state index is 0.214. The summed E-state index contributed by atoms with van der Waals surface area (Å²) in [6, 6.07) is 10.5. The van der Waals surface area contributed by atoms with Gasteiger partial charge in [0.05, 0.1) is 11.3 Å². The Hall–Kier alpha value is -3.21. The highest BCUT2D eigenvalue weighted by Gasteiger charge is 2.33. The monoisotopic (exact) mass is 493 g/mol. The Morgan fingerprint density at radius 3 is 2.50 bits per heavy atom. The van der Waals surface area contributed by atoms with Gasteiger partial charge in [0.2, 0.25) is 5.13 Å². The molecule has 0 unspecified atom stereocenters. The van der Waals surface area contributed by atoms with E-state index in [0.717, 1.165) is 42.7 Å². The number of hydrogen-bond acceptors (Lipinski definition) is 5. The van der Waals surface area contributed by atoms with Gasteiger partial charge >= 0.3 is 12.2 Å². The first-order chi connectivity index (χ1) is 16.3. The first kappa shape index (κ1) is 23.9. The summed E-state index contributed by atoms with van der Waals surface area (Å²) in [6.07, 6.45) is -2.39. The SMILES string of the molecule is O=C(NCC1CCN(c2nc(Cc3ccc(F)cc3)ns2)CC1)Nc1ccccc1C(F)(F)F. The highest BCUT2D eigenvalue weighted by Crippen LogP contribution is 2.34. The first-order valence-electron chi connectivity index (χ1n) is 10.8. The van der Waals surface area contributed by atoms with Crippen LogP contribution in [-0.4, -0.2) is 35.0 Å². The predicted octanol–water partition coefficient (Wildman–Crippen LogP) is 5.32. The number of alkyl halides is 3. The molecule has 180 valence electrons. The van der Waals surface area contributed by atoms with Gasteiger partial charge < -0.3 is 15.5 Å². The van der Waals surface area contributed by atoms with Crippen LogP contribution in [0.3, 0.4) is 0 Å². The average Bonchev–Trinajstić information content (AvgIpc) is 3.28. The molecule has 1 aliphatic rings. The van der Waals surface area contributed by atoms with E-state index < -0.39 is 17.8 Å². The van der Waals surface area contributed by atoms with Gasteiger partial charge in [-0.15, -0.1) is 0 Å². The number of carbonyl (C=O) groups excluding carboxylic acids is 1. The normalized spacial score (nSPS) is 14.8. The van der Waals surface area contributed by atoms with Crippen molar-refractivity contribution in [2.24, 2.45) is 5.92 Å². The second-order valence-corrected chi connectivity index (χ2v) is 8.84. The highest BCUT2D eigenvalue weighted by atomic mass is 32.1. The number of hydrogen-bond donors (Lipinski definition) is 2. The number of benzene rings is 2. The first-order valence-corrected chi connectivity index (χ1v) is 11.6. The van der Waals surface area contributed by atoms with Gasteiger partial charge in [0.1, 0.15) is 11.6 Å². The number of urea groups is 1. The molecule has 0 saturated carbocycles. The minimum atomic E-state index is -4.54. The molecule has 2 amide bonds. The minimum Gasteiger partial charge on any atom is -0.347 e. The molecule has 2 aromatic carbocycles. The average molecular weight is 494 g/mol. The molecule has 3 aromatic rings. The van der Waals surface area contributed by atoms with Gasteiger partial charge in [-0.25, -0.2) is 14.2 Å². The molecule has 2 N–H and O–H groups in total. The summed E-state index contributed by atoms with van der Waals surface area (Å²) in [5.41, 5.74) is -0.212. The number of nitrogens with zero attached hydrogens (tertiary/aromatic N) is 3. The third kappa shape index (κ3) is 6.22. The number of anilines is 2. The van der Waals surface area contributed by atoms with Gasteiger partial charge in [-0.05, 0) is 48.6 Å². The van der Waals surface area contributed by atoms with E-state index in [9.17, 15) is 22.4 Å². The molecule has 0 radical (unpaired) electrons. The van der Waals surface area contributed by atoms with Crippen LogP contribution in [0.5, 0.6) is 0 Å². The third-order valence-electron chi connectivity index (χ3n) is 5.65. The van der Waals surface area contributed by atoms with E-state index in [2.05, 4.69) is 24.9 Å². The van der Waals surface area contributed by atoms with Gasteiger partial charge in [0.25, 0.3) is 0 Å². The van der Waals surface area contributed by atoms with E-state index in [-0.39, 0.29) is 17.4 Å². The van der Waals surface area contributed by atoms with Crippen LogP contribution in [0.25, 0.3) is 0 Å². The molecular weight excluding hydrogens is 470 g/mol. The Morgan fingerprint density at radius 1 is 1.09 bits per heavy atom. The Morgan fingerprint density at radius 2 is 1.79 bits per heavy atom. The lowest BCUT2D eigenvalue weighted by Gasteiger charge is -2.31. The van der Waals surface area contributed by atoms with Crippen LogP contribution in [0.2, 0.25) is 0 Å². The number of nitrogens with one attached hydrogen (secondary N) is 2. The van der Waals surface area contributed by atoms with Gasteiger partial charge in [0, 0.05) is 37.6 Å². The number of piperidine rings is 1. The van der Waals surface area contributed by atoms with E-state index in [4.69, 9.17) is 0 Å². The maximum absolute atomic E-state index is 13.1. The second-order valence-electron chi connectivity index (χ2n) is 8.11. The molecule has 0 aliphatic carbocycles. The van der Waals surface area contributed by atoms with Crippen molar-refractivity contribution in [1.82, 2.24) is 14.7 Å². The van der Waals surface area contributed by atoms with E-state index >= 15 is 0 Å². The van der Waals surface area contributed by atoms with Crippen LogP contribution in [0.15, 0.2) is 48.5 Å². The molecule has 0 spiro atoms. The Balaban J connectivity index is 1.23. The smallest absolute Gasteiger partial charge is 0.347 e. The van der Waals surface area contributed by atoms with Crippen LogP contribution >= 0.6 is 11.5 Å². The Labute approximate surface area is 198 Å². The quantitative estimate of drug-likeness (QED) is 0.456. The molecule has 4 rings (SSSR count). The standard InChI is InChI=1S/C23H23F4N5OS/c24-17-7-5-15(6-8-17)13-20-30-22(34-31-20)32-11-9-16(10-12-32)14-28-21(33)29-19-4-2-1-3-18(19)23(25,26)27/h1-8,16H,9-14H2,(H2,28,29,33). The van der Waals surface area contributed by atoms with Gasteiger partial charge in [0.15, 0.2) is 0 Å². The number of para-hydroxylation sites is 1. The zero-order valence-electron chi connectivity index (χ0n) is 18.1. The molecule has 1 aliphatic heterocycles. The number of halogens is 4. The maximum atomic E-state index is 13.1. The summed E-state index contributed by atoms with van der Waals surface area (Å²) in [5, 5.41) is 5.80. The highest BCUT2D eigenvalue weighted by molar-refractivity contribution is 7.09. The summed E-state index contributed by atoms with van der Waals surface area (Å²) >= 11 is 1.32. The molecular formula is C23H23F4N5OS. The Kier molecular flexibility index (Phi) is 7.30. The lowest BCUT2D eigenvalue weighted by molar-refractivity contribution is -0.136. The van der Waals surface area contributed by atoms with Crippen molar-refractivity contribution in [3.63, 3.8) is 0 Å². The fourth-order valence-corrected chi connectivity index (χ4v) is 4.54. The number of carbonyl (C=O) groups is 1. The maximum Gasteiger partial charge on any atom is 0.418 e. The molecule has 0 atom stereocenters. The number of amides is 2. The zero-order chi connectivity index (χ0) is 24.1. The number of rotatable bonds is 6. The zero-order valence-corrected chi connectivity index (χ0v) is 18.9. The summed E-state index contributed by atoms with van der Waals surface area (Å²) in [5.74, 6) is 0.620. The fourth-order valence-electron chi connectivity index (χ4n) is 3.80. The molecule has 6 nitrogen and oxygen atoms in total. The third-order valence-corrected chi connectivity index (χ3v) is 6.46. The summed E-state index contributed by atoms with van der Waals surface area (Å²) < 4.78 is 56.7. The van der Waals surface area contributed by atoms with Crippen LogP contribution in [0.1, 0.15) is 29.8 Å². The molecule has 1 fully saturated rings. The van der Waals surface area contributed by atoms with Gasteiger partial charge in [-0.2, -0.15) is 17.5 Å². The molecule has 1 saturated heterocycles. The fraction of sp³-hybridized carbons (Fsp3) is 0.348. The largest absolute Gasteiger partial charge is 0.418 e. The van der Waals surface area contributed by atoms with E-state index in [0.29, 0.717) is 18.8 Å². The molecule has 34 heavy (non-hydrogen) atoms. The van der Waals surface area contributed by atoms with Crippen LogP contribution in [0, 0.1) is 11.7 Å². The Bertz CT molecular complexity index is 1110. The van der Waals surface area contributed by atoms with Crippen molar-refractivity contribution in [1.29, 1.82) is 0 Å². The van der Waals surface area contributed by atoms with Crippen molar-refractivity contribution in [2.45, 2.75) is 25.4 Å². The van der Waals surface area contributed by atoms with Gasteiger partial charge in [-0.1, -0.05) is 24.3 Å². The number of aromatic nitrogens is 2. The molecule has 1 aromatic heterocycles. The van der Waals surface area contributed by atoms with Crippen molar-refractivity contribution in [2.75, 3.05) is 29.9 Å². The molecule has 2 heterocycles. The van der Waals surface area contributed by atoms with Crippen molar-refractivity contribution >= 4 is 28.4 Å². The predicted molar refractivity (Wildman–Crippen MR) is 123 cm³/mol. The van der Waals surface area contributed by atoms with Gasteiger partial charge in [-0.3, -0.25) is 0 Å². The van der Waals surface area contributed by atoms with Crippen molar-refractivity contribution < 1.29 is 22.4 Å². The van der Waals surface area contributed by atoms with Crippen molar-refractivity contribution in [3.05, 3.63) is 71.3 Å².